The highest BCUT2D eigenvalue weighted by atomic mass is 16.2. The number of piperidine rings is 1. The van der Waals surface area contributed by atoms with Gasteiger partial charge < -0.3 is 9.80 Å². The number of rotatable bonds is 5. The SMILES string of the molecule is CN(Cc1cnn(-c2ccccc2)c1)C(=O)C1CCN(C(=O)C2CC2)CC1. The number of benzene rings is 1. The molecule has 0 radical (unpaired) electrons. The Bertz CT molecular complexity index is 805. The van der Waals surface area contributed by atoms with Crippen LogP contribution < -0.4 is 0 Å². The average Bonchev–Trinajstić information content (AvgIpc) is 3.46. The summed E-state index contributed by atoms with van der Waals surface area (Å²) in [7, 11) is 1.85. The van der Waals surface area contributed by atoms with Gasteiger partial charge >= 0.3 is 0 Å². The van der Waals surface area contributed by atoms with Crippen molar-refractivity contribution >= 4 is 11.8 Å². The van der Waals surface area contributed by atoms with E-state index < -0.39 is 0 Å². The molecule has 1 aliphatic carbocycles. The summed E-state index contributed by atoms with van der Waals surface area (Å²) in [6, 6.07) is 9.94. The molecule has 2 fully saturated rings. The first-order valence-corrected chi connectivity index (χ1v) is 9.74. The maximum absolute atomic E-state index is 12.8. The van der Waals surface area contributed by atoms with E-state index in [0.717, 1.165) is 36.9 Å². The maximum Gasteiger partial charge on any atom is 0.225 e. The van der Waals surface area contributed by atoms with Crippen LogP contribution in [0.1, 0.15) is 31.2 Å². The molecular formula is C21H26N4O2. The van der Waals surface area contributed by atoms with Crippen molar-refractivity contribution in [2.24, 2.45) is 11.8 Å². The summed E-state index contributed by atoms with van der Waals surface area (Å²) < 4.78 is 1.83. The van der Waals surface area contributed by atoms with Gasteiger partial charge in [0.25, 0.3) is 0 Å². The van der Waals surface area contributed by atoms with E-state index in [0.29, 0.717) is 25.5 Å². The number of amides is 2. The predicted octanol–water partition coefficient (Wildman–Crippen LogP) is 2.48. The van der Waals surface area contributed by atoms with Gasteiger partial charge in [-0.25, -0.2) is 4.68 Å². The lowest BCUT2D eigenvalue weighted by Gasteiger charge is -2.33. The van der Waals surface area contributed by atoms with E-state index in [2.05, 4.69) is 5.10 Å². The molecular weight excluding hydrogens is 340 g/mol. The lowest BCUT2D eigenvalue weighted by Crippen LogP contribution is -2.43. The Morgan fingerprint density at radius 1 is 1.07 bits per heavy atom. The van der Waals surface area contributed by atoms with E-state index in [4.69, 9.17) is 0 Å². The Balaban J connectivity index is 1.31. The van der Waals surface area contributed by atoms with Crippen molar-refractivity contribution in [2.75, 3.05) is 20.1 Å². The monoisotopic (exact) mass is 366 g/mol. The fraction of sp³-hybridized carbons (Fsp3) is 0.476. The summed E-state index contributed by atoms with van der Waals surface area (Å²) >= 11 is 0. The van der Waals surface area contributed by atoms with Crippen LogP contribution in [0.3, 0.4) is 0 Å². The first-order chi connectivity index (χ1) is 13.1. The quantitative estimate of drug-likeness (QED) is 0.817. The zero-order valence-electron chi connectivity index (χ0n) is 15.8. The van der Waals surface area contributed by atoms with Crippen LogP contribution in [0.2, 0.25) is 0 Å². The zero-order valence-corrected chi connectivity index (χ0v) is 15.8. The van der Waals surface area contributed by atoms with E-state index in [9.17, 15) is 9.59 Å². The third-order valence-electron chi connectivity index (χ3n) is 5.54. The molecule has 0 spiro atoms. The van der Waals surface area contributed by atoms with Gasteiger partial charge in [-0.05, 0) is 37.8 Å². The Hall–Kier alpha value is -2.63. The minimum atomic E-state index is 0.0161. The number of aromatic nitrogens is 2. The van der Waals surface area contributed by atoms with Gasteiger partial charge in [-0.1, -0.05) is 18.2 Å². The Morgan fingerprint density at radius 2 is 1.78 bits per heavy atom. The predicted molar refractivity (Wildman–Crippen MR) is 102 cm³/mol. The second kappa shape index (κ2) is 7.55. The van der Waals surface area contributed by atoms with Gasteiger partial charge in [0.1, 0.15) is 0 Å². The van der Waals surface area contributed by atoms with Gasteiger partial charge in [0.15, 0.2) is 0 Å². The zero-order chi connectivity index (χ0) is 18.8. The molecule has 2 heterocycles. The minimum Gasteiger partial charge on any atom is -0.342 e. The van der Waals surface area contributed by atoms with E-state index in [1.807, 2.05) is 59.4 Å². The highest BCUT2D eigenvalue weighted by Crippen LogP contribution is 2.32. The van der Waals surface area contributed by atoms with Crippen molar-refractivity contribution in [1.82, 2.24) is 19.6 Å². The third-order valence-corrected chi connectivity index (χ3v) is 5.54. The molecule has 1 saturated carbocycles. The van der Waals surface area contributed by atoms with Crippen molar-refractivity contribution in [3.8, 4) is 5.69 Å². The lowest BCUT2D eigenvalue weighted by molar-refractivity contribution is -0.140. The van der Waals surface area contributed by atoms with Crippen LogP contribution in [0.4, 0.5) is 0 Å². The third kappa shape index (κ3) is 4.04. The summed E-state index contributed by atoms with van der Waals surface area (Å²) in [5.41, 5.74) is 2.02. The number of hydrogen-bond acceptors (Lipinski definition) is 3. The second-order valence-electron chi connectivity index (χ2n) is 7.70. The Morgan fingerprint density at radius 3 is 2.44 bits per heavy atom. The smallest absolute Gasteiger partial charge is 0.225 e. The van der Waals surface area contributed by atoms with E-state index in [-0.39, 0.29) is 17.7 Å². The van der Waals surface area contributed by atoms with Crippen LogP contribution in [0.15, 0.2) is 42.7 Å². The number of carbonyl (C=O) groups is 2. The van der Waals surface area contributed by atoms with Crippen LogP contribution in [0.5, 0.6) is 0 Å². The fourth-order valence-electron chi connectivity index (χ4n) is 3.76. The highest BCUT2D eigenvalue weighted by molar-refractivity contribution is 5.82. The fourth-order valence-corrected chi connectivity index (χ4v) is 3.76. The van der Waals surface area contributed by atoms with Gasteiger partial charge in [0.2, 0.25) is 11.8 Å². The van der Waals surface area contributed by atoms with Crippen molar-refractivity contribution in [2.45, 2.75) is 32.2 Å². The van der Waals surface area contributed by atoms with Crippen LogP contribution in [-0.4, -0.2) is 51.5 Å². The number of carbonyl (C=O) groups excluding carboxylic acids is 2. The van der Waals surface area contributed by atoms with Gasteiger partial charge in [-0.2, -0.15) is 5.10 Å². The summed E-state index contributed by atoms with van der Waals surface area (Å²) in [4.78, 5) is 28.7. The Kier molecular flexibility index (Phi) is 4.97. The molecule has 27 heavy (non-hydrogen) atoms. The molecule has 6 heteroatoms. The molecule has 1 aromatic carbocycles. The number of hydrogen-bond donors (Lipinski definition) is 0. The summed E-state index contributed by atoms with van der Waals surface area (Å²) in [5.74, 6) is 0.743. The van der Waals surface area contributed by atoms with Crippen LogP contribution in [0.25, 0.3) is 5.69 Å². The lowest BCUT2D eigenvalue weighted by atomic mass is 9.95. The van der Waals surface area contributed by atoms with E-state index in [1.165, 1.54) is 0 Å². The number of likely N-dealkylation sites (tertiary alicyclic amines) is 1. The van der Waals surface area contributed by atoms with Crippen molar-refractivity contribution < 1.29 is 9.59 Å². The van der Waals surface area contributed by atoms with E-state index in [1.54, 1.807) is 4.90 Å². The summed E-state index contributed by atoms with van der Waals surface area (Å²) in [6.07, 6.45) is 7.40. The summed E-state index contributed by atoms with van der Waals surface area (Å²) in [6.45, 7) is 1.98. The molecule has 6 nitrogen and oxygen atoms in total. The second-order valence-corrected chi connectivity index (χ2v) is 7.70. The number of nitrogens with zero attached hydrogens (tertiary/aromatic N) is 4. The average molecular weight is 366 g/mol. The maximum atomic E-state index is 12.8. The molecule has 1 aliphatic heterocycles. The minimum absolute atomic E-state index is 0.0161. The standard InChI is InChI=1S/C21H26N4O2/c1-23(14-16-13-22-25(15-16)19-5-3-2-4-6-19)20(26)18-9-11-24(12-10-18)21(27)17-7-8-17/h2-6,13,15,17-18H,7-12,14H2,1H3. The molecule has 0 unspecified atom stereocenters. The molecule has 4 rings (SSSR count). The molecule has 1 saturated heterocycles. The highest BCUT2D eigenvalue weighted by Gasteiger charge is 2.36. The van der Waals surface area contributed by atoms with Crippen LogP contribution in [0, 0.1) is 11.8 Å². The van der Waals surface area contributed by atoms with Gasteiger partial charge in [-0.15, -0.1) is 0 Å². The Labute approximate surface area is 159 Å². The largest absolute Gasteiger partial charge is 0.342 e. The molecule has 0 N–H and O–H groups in total. The summed E-state index contributed by atoms with van der Waals surface area (Å²) in [5, 5.41) is 4.40. The van der Waals surface area contributed by atoms with Crippen LogP contribution in [-0.2, 0) is 16.1 Å². The van der Waals surface area contributed by atoms with Gasteiger partial charge in [0.05, 0.1) is 11.9 Å². The first kappa shape index (κ1) is 17.8. The van der Waals surface area contributed by atoms with Crippen molar-refractivity contribution in [1.29, 1.82) is 0 Å². The van der Waals surface area contributed by atoms with Crippen molar-refractivity contribution in [3.63, 3.8) is 0 Å². The molecule has 142 valence electrons. The molecule has 0 bridgehead atoms. The first-order valence-electron chi connectivity index (χ1n) is 9.74. The normalized spacial score (nSPS) is 17.7. The molecule has 0 atom stereocenters. The van der Waals surface area contributed by atoms with Gasteiger partial charge in [-0.3, -0.25) is 9.59 Å². The molecule has 1 aromatic heterocycles. The molecule has 2 aliphatic rings. The number of para-hydroxylation sites is 1. The molecule has 2 aromatic rings. The molecule has 2 amide bonds. The van der Waals surface area contributed by atoms with Gasteiger partial charge in [0, 0.05) is 50.3 Å². The van der Waals surface area contributed by atoms with Crippen molar-refractivity contribution in [3.05, 3.63) is 48.3 Å². The van der Waals surface area contributed by atoms with E-state index >= 15 is 0 Å². The topological polar surface area (TPSA) is 58.4 Å². The van der Waals surface area contributed by atoms with Crippen LogP contribution >= 0.6 is 0 Å².